The fourth-order valence-corrected chi connectivity index (χ4v) is 3.47. The Morgan fingerprint density at radius 2 is 1.76 bits per heavy atom. The highest BCUT2D eigenvalue weighted by Crippen LogP contribution is 2.37. The number of benzene rings is 2. The van der Waals surface area contributed by atoms with Crippen LogP contribution in [0.2, 0.25) is 10.0 Å². The number of rotatable bonds is 4. The molecule has 0 aliphatic heterocycles. The third-order valence-corrected chi connectivity index (χ3v) is 4.28. The lowest BCUT2D eigenvalue weighted by atomic mass is 10.0. The van der Waals surface area contributed by atoms with E-state index in [2.05, 4.69) is 27.3 Å². The van der Waals surface area contributed by atoms with Crippen LogP contribution in [-0.4, -0.2) is 7.11 Å². The quantitative estimate of drug-likeness (QED) is 0.668. The van der Waals surface area contributed by atoms with Gasteiger partial charge in [0.25, 0.3) is 0 Å². The molecule has 0 aromatic heterocycles. The number of halogens is 3. The van der Waals surface area contributed by atoms with Crippen LogP contribution in [0, 0.1) is 6.92 Å². The van der Waals surface area contributed by atoms with Gasteiger partial charge in [0.15, 0.2) is 0 Å². The number of ether oxygens (including phenoxy) is 1. The molecule has 21 heavy (non-hydrogen) atoms. The van der Waals surface area contributed by atoms with E-state index in [1.807, 2.05) is 38.1 Å². The van der Waals surface area contributed by atoms with Gasteiger partial charge in [-0.2, -0.15) is 0 Å². The van der Waals surface area contributed by atoms with Crippen molar-refractivity contribution in [2.45, 2.75) is 19.9 Å². The lowest BCUT2D eigenvalue weighted by Gasteiger charge is -2.20. The van der Waals surface area contributed by atoms with Crippen LogP contribution in [0.4, 0.5) is 5.69 Å². The van der Waals surface area contributed by atoms with Gasteiger partial charge < -0.3 is 10.1 Å². The van der Waals surface area contributed by atoms with Gasteiger partial charge in [-0.1, -0.05) is 51.3 Å². The highest BCUT2D eigenvalue weighted by Gasteiger charge is 2.15. The van der Waals surface area contributed by atoms with Crippen LogP contribution >= 0.6 is 39.1 Å². The molecule has 1 unspecified atom stereocenters. The van der Waals surface area contributed by atoms with E-state index in [1.54, 1.807) is 7.11 Å². The predicted octanol–water partition coefficient (Wildman–Crippen LogP) is 6.25. The van der Waals surface area contributed by atoms with Crippen LogP contribution in [0.3, 0.4) is 0 Å². The molecule has 0 aliphatic rings. The second-order valence-electron chi connectivity index (χ2n) is 4.86. The Morgan fingerprint density at radius 1 is 1.14 bits per heavy atom. The molecule has 0 bridgehead atoms. The Balaban J connectivity index is 2.32. The maximum Gasteiger partial charge on any atom is 0.124 e. The van der Waals surface area contributed by atoms with E-state index >= 15 is 0 Å². The van der Waals surface area contributed by atoms with Crippen LogP contribution in [0.25, 0.3) is 0 Å². The van der Waals surface area contributed by atoms with Gasteiger partial charge in [-0.05, 0) is 37.6 Å². The number of aryl methyl sites for hydroxylation is 1. The second-order valence-corrected chi connectivity index (χ2v) is 6.59. The minimum atomic E-state index is 0.0109. The number of nitrogens with one attached hydrogen (secondary N) is 1. The molecule has 0 fully saturated rings. The third-order valence-electron chi connectivity index (χ3n) is 3.22. The topological polar surface area (TPSA) is 21.3 Å². The van der Waals surface area contributed by atoms with E-state index in [1.165, 1.54) is 0 Å². The average molecular weight is 389 g/mol. The van der Waals surface area contributed by atoms with E-state index in [-0.39, 0.29) is 6.04 Å². The van der Waals surface area contributed by atoms with Crippen molar-refractivity contribution in [2.24, 2.45) is 0 Å². The molecule has 2 rings (SSSR count). The molecule has 1 atom stereocenters. The summed E-state index contributed by atoms with van der Waals surface area (Å²) in [6.07, 6.45) is 0. The molecule has 112 valence electrons. The molecule has 0 amide bonds. The molecule has 0 spiro atoms. The van der Waals surface area contributed by atoms with Crippen molar-refractivity contribution in [1.29, 1.82) is 0 Å². The fraction of sp³-hybridized carbons (Fsp3) is 0.250. The number of hydrogen-bond acceptors (Lipinski definition) is 2. The monoisotopic (exact) mass is 387 g/mol. The Hall–Kier alpha value is -0.900. The lowest BCUT2D eigenvalue weighted by Crippen LogP contribution is -2.09. The van der Waals surface area contributed by atoms with Crippen LogP contribution in [0.15, 0.2) is 34.8 Å². The number of hydrogen-bond donors (Lipinski definition) is 1. The van der Waals surface area contributed by atoms with E-state index in [4.69, 9.17) is 27.9 Å². The van der Waals surface area contributed by atoms with Crippen molar-refractivity contribution >= 4 is 44.8 Å². The Labute approximate surface area is 143 Å². The highest BCUT2D eigenvalue weighted by atomic mass is 79.9. The summed E-state index contributed by atoms with van der Waals surface area (Å²) >= 11 is 15.9. The first-order valence-electron chi connectivity index (χ1n) is 6.48. The maximum absolute atomic E-state index is 6.26. The van der Waals surface area contributed by atoms with Gasteiger partial charge in [0.05, 0.1) is 28.9 Å². The van der Waals surface area contributed by atoms with Crippen LogP contribution in [0.1, 0.15) is 24.1 Å². The molecule has 0 saturated carbocycles. The molecule has 2 nitrogen and oxygen atoms in total. The standard InChI is InChI=1S/C16H16BrCl2NO/c1-9-4-5-12(15(6-9)21-3)10(2)20-16-13(18)7-11(17)8-14(16)19/h4-8,10,20H,1-3H3. The summed E-state index contributed by atoms with van der Waals surface area (Å²) in [5.41, 5.74) is 2.93. The summed E-state index contributed by atoms with van der Waals surface area (Å²) < 4.78 is 6.30. The molecular formula is C16H16BrCl2NO. The summed E-state index contributed by atoms with van der Waals surface area (Å²) in [7, 11) is 1.67. The maximum atomic E-state index is 6.26. The van der Waals surface area contributed by atoms with Crippen molar-refractivity contribution < 1.29 is 4.74 Å². The van der Waals surface area contributed by atoms with Gasteiger partial charge in [0.1, 0.15) is 5.75 Å². The van der Waals surface area contributed by atoms with E-state index in [0.717, 1.165) is 27.0 Å². The SMILES string of the molecule is COc1cc(C)ccc1C(C)Nc1c(Cl)cc(Br)cc1Cl. The van der Waals surface area contributed by atoms with Crippen molar-refractivity contribution in [3.8, 4) is 5.75 Å². The predicted molar refractivity (Wildman–Crippen MR) is 93.9 cm³/mol. The first kappa shape index (κ1) is 16.5. The summed E-state index contributed by atoms with van der Waals surface area (Å²) in [5.74, 6) is 0.847. The van der Waals surface area contributed by atoms with Gasteiger partial charge in [0.2, 0.25) is 0 Å². The van der Waals surface area contributed by atoms with Crippen molar-refractivity contribution in [1.82, 2.24) is 0 Å². The zero-order valence-corrected chi connectivity index (χ0v) is 15.1. The van der Waals surface area contributed by atoms with Crippen molar-refractivity contribution in [2.75, 3.05) is 12.4 Å². The lowest BCUT2D eigenvalue weighted by molar-refractivity contribution is 0.407. The normalized spacial score (nSPS) is 12.1. The Bertz CT molecular complexity index is 638. The van der Waals surface area contributed by atoms with E-state index in [9.17, 15) is 0 Å². The number of anilines is 1. The highest BCUT2D eigenvalue weighted by molar-refractivity contribution is 9.10. The van der Waals surface area contributed by atoms with Gasteiger partial charge >= 0.3 is 0 Å². The molecule has 2 aromatic rings. The van der Waals surface area contributed by atoms with Gasteiger partial charge in [0, 0.05) is 10.0 Å². The van der Waals surface area contributed by atoms with Crippen molar-refractivity contribution in [3.05, 3.63) is 56.0 Å². The molecule has 0 radical (unpaired) electrons. The molecule has 5 heteroatoms. The molecule has 0 heterocycles. The molecule has 0 aliphatic carbocycles. The Kier molecular flexibility index (Phi) is 5.42. The molecular weight excluding hydrogens is 373 g/mol. The molecule has 0 saturated heterocycles. The smallest absolute Gasteiger partial charge is 0.124 e. The largest absolute Gasteiger partial charge is 0.496 e. The first-order chi connectivity index (χ1) is 9.92. The van der Waals surface area contributed by atoms with Gasteiger partial charge in [-0.25, -0.2) is 0 Å². The van der Waals surface area contributed by atoms with Crippen LogP contribution in [0.5, 0.6) is 5.75 Å². The minimum absolute atomic E-state index is 0.0109. The fourth-order valence-electron chi connectivity index (χ4n) is 2.15. The Morgan fingerprint density at radius 3 is 2.33 bits per heavy atom. The van der Waals surface area contributed by atoms with Crippen molar-refractivity contribution in [3.63, 3.8) is 0 Å². The van der Waals surface area contributed by atoms with E-state index in [0.29, 0.717) is 10.0 Å². The summed E-state index contributed by atoms with van der Waals surface area (Å²) in [6, 6.07) is 9.76. The molecule has 1 N–H and O–H groups in total. The molecule has 2 aromatic carbocycles. The first-order valence-corrected chi connectivity index (χ1v) is 8.03. The summed E-state index contributed by atoms with van der Waals surface area (Å²) in [6.45, 7) is 4.08. The van der Waals surface area contributed by atoms with Crippen LogP contribution < -0.4 is 10.1 Å². The summed E-state index contributed by atoms with van der Waals surface area (Å²) in [5, 5.41) is 4.50. The second kappa shape index (κ2) is 6.91. The van der Waals surface area contributed by atoms with Crippen LogP contribution in [-0.2, 0) is 0 Å². The minimum Gasteiger partial charge on any atom is -0.496 e. The average Bonchev–Trinajstić information content (AvgIpc) is 2.42. The number of methoxy groups -OCH3 is 1. The van der Waals surface area contributed by atoms with Gasteiger partial charge in [-0.3, -0.25) is 0 Å². The zero-order chi connectivity index (χ0) is 15.6. The van der Waals surface area contributed by atoms with E-state index < -0.39 is 0 Å². The summed E-state index contributed by atoms with van der Waals surface area (Å²) in [4.78, 5) is 0. The van der Waals surface area contributed by atoms with Gasteiger partial charge in [-0.15, -0.1) is 0 Å². The zero-order valence-electron chi connectivity index (χ0n) is 12.0. The third kappa shape index (κ3) is 3.85.